The zero-order chi connectivity index (χ0) is 13.1. The molecule has 0 amide bonds. The molecular weight excluding hydrogens is 248 g/mol. The molecule has 2 rings (SSSR count). The predicted octanol–water partition coefficient (Wildman–Crippen LogP) is 2.86. The molecule has 0 saturated heterocycles. The summed E-state index contributed by atoms with van der Waals surface area (Å²) < 4.78 is 5.51. The summed E-state index contributed by atoms with van der Waals surface area (Å²) in [6.07, 6.45) is 3.19. The number of carbonyl (C=O) groups is 1. The molecule has 0 aliphatic carbocycles. The van der Waals surface area contributed by atoms with Crippen molar-refractivity contribution in [3.05, 3.63) is 40.1 Å². The van der Waals surface area contributed by atoms with Crippen LogP contribution in [0.4, 0.5) is 0 Å². The van der Waals surface area contributed by atoms with Crippen molar-refractivity contribution in [2.75, 3.05) is 0 Å². The minimum atomic E-state index is -0.124. The fourth-order valence-electron chi connectivity index (χ4n) is 1.50. The number of pyridine rings is 1. The highest BCUT2D eigenvalue weighted by molar-refractivity contribution is 7.09. The van der Waals surface area contributed by atoms with Crippen molar-refractivity contribution in [2.24, 2.45) is 0 Å². The van der Waals surface area contributed by atoms with Crippen LogP contribution in [0.5, 0.6) is 5.75 Å². The third-order valence-electron chi connectivity index (χ3n) is 2.20. The van der Waals surface area contributed by atoms with E-state index in [1.54, 1.807) is 17.6 Å². The second-order valence-corrected chi connectivity index (χ2v) is 5.22. The standard InChI is InChI=1S/C13H14N2O2S/c1-8(2)17-11-4-10(5-14-6-11)13(16)12-7-18-9(3)15-12/h4-8H,1-3H3. The van der Waals surface area contributed by atoms with Gasteiger partial charge in [-0.2, -0.15) is 0 Å². The summed E-state index contributed by atoms with van der Waals surface area (Å²) in [5.74, 6) is 0.476. The minimum absolute atomic E-state index is 0.0543. The molecule has 18 heavy (non-hydrogen) atoms. The SMILES string of the molecule is Cc1nc(C(=O)c2cncc(OC(C)C)c2)cs1. The summed E-state index contributed by atoms with van der Waals surface area (Å²) in [7, 11) is 0. The molecule has 4 nitrogen and oxygen atoms in total. The van der Waals surface area contributed by atoms with Gasteiger partial charge in [0.15, 0.2) is 0 Å². The van der Waals surface area contributed by atoms with Gasteiger partial charge in [0, 0.05) is 17.1 Å². The quantitative estimate of drug-likeness (QED) is 0.795. The molecule has 2 heterocycles. The first-order valence-corrected chi connectivity index (χ1v) is 6.53. The van der Waals surface area contributed by atoms with E-state index >= 15 is 0 Å². The fraction of sp³-hybridized carbons (Fsp3) is 0.308. The summed E-state index contributed by atoms with van der Waals surface area (Å²) in [4.78, 5) is 20.3. The number of ketones is 1. The first-order valence-electron chi connectivity index (χ1n) is 5.65. The predicted molar refractivity (Wildman–Crippen MR) is 70.3 cm³/mol. The molecule has 0 N–H and O–H groups in total. The Kier molecular flexibility index (Phi) is 3.72. The maximum atomic E-state index is 12.1. The van der Waals surface area contributed by atoms with E-state index in [1.165, 1.54) is 17.5 Å². The number of aryl methyl sites for hydroxylation is 1. The van der Waals surface area contributed by atoms with Crippen LogP contribution in [0.2, 0.25) is 0 Å². The van der Waals surface area contributed by atoms with Gasteiger partial charge in [-0.25, -0.2) is 4.98 Å². The Bertz CT molecular complexity index is 564. The fourth-order valence-corrected chi connectivity index (χ4v) is 2.09. The Morgan fingerprint density at radius 2 is 2.17 bits per heavy atom. The minimum Gasteiger partial charge on any atom is -0.489 e. The summed E-state index contributed by atoms with van der Waals surface area (Å²) in [5.41, 5.74) is 0.958. The van der Waals surface area contributed by atoms with Crippen molar-refractivity contribution in [3.63, 3.8) is 0 Å². The van der Waals surface area contributed by atoms with E-state index in [4.69, 9.17) is 4.74 Å². The highest BCUT2D eigenvalue weighted by atomic mass is 32.1. The molecule has 0 bridgehead atoms. The Labute approximate surface area is 110 Å². The normalized spacial score (nSPS) is 10.7. The average Bonchev–Trinajstić information content (AvgIpc) is 2.74. The van der Waals surface area contributed by atoms with Crippen LogP contribution in [0.3, 0.4) is 0 Å². The van der Waals surface area contributed by atoms with E-state index in [0.29, 0.717) is 17.0 Å². The van der Waals surface area contributed by atoms with Gasteiger partial charge in [-0.15, -0.1) is 11.3 Å². The van der Waals surface area contributed by atoms with Gasteiger partial charge in [0.2, 0.25) is 5.78 Å². The maximum absolute atomic E-state index is 12.1. The third kappa shape index (κ3) is 2.92. The summed E-state index contributed by atoms with van der Waals surface area (Å²) >= 11 is 1.46. The highest BCUT2D eigenvalue weighted by Crippen LogP contribution is 2.17. The van der Waals surface area contributed by atoms with Crippen molar-refractivity contribution in [3.8, 4) is 5.75 Å². The number of aromatic nitrogens is 2. The molecule has 94 valence electrons. The Morgan fingerprint density at radius 3 is 2.78 bits per heavy atom. The van der Waals surface area contributed by atoms with Gasteiger partial charge in [0.05, 0.1) is 17.3 Å². The molecule has 0 fully saturated rings. The molecule has 0 saturated carbocycles. The zero-order valence-electron chi connectivity index (χ0n) is 10.5. The zero-order valence-corrected chi connectivity index (χ0v) is 11.3. The van der Waals surface area contributed by atoms with E-state index < -0.39 is 0 Å². The van der Waals surface area contributed by atoms with E-state index in [2.05, 4.69) is 9.97 Å². The molecule has 0 aliphatic heterocycles. The van der Waals surface area contributed by atoms with Gasteiger partial charge in [-0.1, -0.05) is 0 Å². The van der Waals surface area contributed by atoms with Crippen LogP contribution in [-0.2, 0) is 0 Å². The van der Waals surface area contributed by atoms with Gasteiger partial charge >= 0.3 is 0 Å². The molecule has 0 aliphatic rings. The molecule has 0 aromatic carbocycles. The van der Waals surface area contributed by atoms with Crippen LogP contribution in [0.1, 0.15) is 34.9 Å². The maximum Gasteiger partial charge on any atom is 0.213 e. The number of hydrogen-bond acceptors (Lipinski definition) is 5. The van der Waals surface area contributed by atoms with Crippen molar-refractivity contribution in [1.29, 1.82) is 0 Å². The topological polar surface area (TPSA) is 52.1 Å². The van der Waals surface area contributed by atoms with Crippen molar-refractivity contribution >= 4 is 17.1 Å². The van der Waals surface area contributed by atoms with Crippen molar-refractivity contribution < 1.29 is 9.53 Å². The number of nitrogens with zero attached hydrogens (tertiary/aromatic N) is 2. The number of hydrogen-bond donors (Lipinski definition) is 0. The molecule has 2 aromatic rings. The summed E-state index contributed by atoms with van der Waals surface area (Å²) in [6, 6.07) is 1.70. The van der Waals surface area contributed by atoms with Gasteiger partial charge < -0.3 is 4.74 Å². The van der Waals surface area contributed by atoms with E-state index in [-0.39, 0.29) is 11.9 Å². The van der Waals surface area contributed by atoms with E-state index in [9.17, 15) is 4.79 Å². The largest absolute Gasteiger partial charge is 0.489 e. The van der Waals surface area contributed by atoms with Crippen LogP contribution in [-0.4, -0.2) is 21.9 Å². The van der Waals surface area contributed by atoms with Gasteiger partial charge in [0.1, 0.15) is 11.4 Å². The number of thiazole rings is 1. The second-order valence-electron chi connectivity index (χ2n) is 4.16. The van der Waals surface area contributed by atoms with Crippen molar-refractivity contribution in [1.82, 2.24) is 9.97 Å². The summed E-state index contributed by atoms with van der Waals surface area (Å²) in [6.45, 7) is 5.73. The van der Waals surface area contributed by atoms with Crippen molar-refractivity contribution in [2.45, 2.75) is 26.9 Å². The molecule has 0 spiro atoms. The van der Waals surface area contributed by atoms with E-state index in [1.807, 2.05) is 20.8 Å². The molecule has 0 unspecified atom stereocenters. The smallest absolute Gasteiger partial charge is 0.213 e. The second kappa shape index (κ2) is 5.27. The molecule has 0 radical (unpaired) electrons. The van der Waals surface area contributed by atoms with Crippen LogP contribution in [0, 0.1) is 6.92 Å². The number of ether oxygens (including phenoxy) is 1. The Morgan fingerprint density at radius 1 is 1.39 bits per heavy atom. The first-order chi connectivity index (χ1) is 8.56. The first kappa shape index (κ1) is 12.7. The lowest BCUT2D eigenvalue weighted by Crippen LogP contribution is -2.08. The van der Waals surface area contributed by atoms with Gasteiger partial charge in [-0.05, 0) is 26.8 Å². The third-order valence-corrected chi connectivity index (χ3v) is 2.97. The van der Waals surface area contributed by atoms with Crippen LogP contribution in [0.15, 0.2) is 23.8 Å². The summed E-state index contributed by atoms with van der Waals surface area (Å²) in [5, 5.41) is 2.63. The molecule has 2 aromatic heterocycles. The lowest BCUT2D eigenvalue weighted by molar-refractivity contribution is 0.103. The Hall–Kier alpha value is -1.75. The monoisotopic (exact) mass is 262 g/mol. The highest BCUT2D eigenvalue weighted by Gasteiger charge is 2.13. The van der Waals surface area contributed by atoms with Gasteiger partial charge in [-0.3, -0.25) is 9.78 Å². The van der Waals surface area contributed by atoms with Gasteiger partial charge in [0.25, 0.3) is 0 Å². The van der Waals surface area contributed by atoms with Crippen LogP contribution in [0.25, 0.3) is 0 Å². The number of carbonyl (C=O) groups excluding carboxylic acids is 1. The Balaban J connectivity index is 2.25. The average molecular weight is 262 g/mol. The number of rotatable bonds is 4. The lowest BCUT2D eigenvalue weighted by atomic mass is 10.1. The molecular formula is C13H14N2O2S. The molecule has 0 atom stereocenters. The van der Waals surface area contributed by atoms with E-state index in [0.717, 1.165) is 5.01 Å². The van der Waals surface area contributed by atoms with Crippen LogP contribution >= 0.6 is 11.3 Å². The van der Waals surface area contributed by atoms with Crippen LogP contribution < -0.4 is 4.74 Å². The molecule has 5 heteroatoms. The lowest BCUT2D eigenvalue weighted by Gasteiger charge is -2.09.